The molecular formula is C16H11BrFNO4S. The molecule has 3 aromatic rings. The van der Waals surface area contributed by atoms with Gasteiger partial charge in [-0.3, -0.25) is 0 Å². The lowest BCUT2D eigenvalue weighted by molar-refractivity contribution is 0.0689. The Morgan fingerprint density at radius 3 is 2.38 bits per heavy atom. The minimum atomic E-state index is -4.20. The van der Waals surface area contributed by atoms with Crippen molar-refractivity contribution in [3.8, 4) is 0 Å². The molecule has 0 radical (unpaired) electrons. The van der Waals surface area contributed by atoms with Crippen molar-refractivity contribution in [3.63, 3.8) is 0 Å². The van der Waals surface area contributed by atoms with Crippen LogP contribution in [-0.2, 0) is 10.0 Å². The molecule has 1 heterocycles. The highest BCUT2D eigenvalue weighted by Gasteiger charge is 2.27. The number of halogens is 2. The Morgan fingerprint density at radius 1 is 1.17 bits per heavy atom. The molecule has 24 heavy (non-hydrogen) atoms. The molecule has 0 spiro atoms. The topological polar surface area (TPSA) is 76.4 Å². The summed E-state index contributed by atoms with van der Waals surface area (Å²) in [7, 11) is -4.20. The zero-order valence-electron chi connectivity index (χ0n) is 12.3. The van der Waals surface area contributed by atoms with E-state index in [1.807, 2.05) is 0 Å². The summed E-state index contributed by atoms with van der Waals surface area (Å²) in [6.45, 7) is 1.80. The largest absolute Gasteiger partial charge is 0.477 e. The number of carboxylic acid groups (broad SMARTS) is 1. The normalized spacial score (nSPS) is 11.8. The average Bonchev–Trinajstić information content (AvgIpc) is 2.88. The van der Waals surface area contributed by atoms with Gasteiger partial charge in [-0.15, -0.1) is 0 Å². The van der Waals surface area contributed by atoms with E-state index in [-0.39, 0.29) is 15.8 Å². The van der Waals surface area contributed by atoms with E-state index in [1.165, 1.54) is 18.2 Å². The number of aromatic nitrogens is 1. The van der Waals surface area contributed by atoms with Crippen LogP contribution < -0.4 is 0 Å². The predicted octanol–water partition coefficient (Wildman–Crippen LogP) is 3.79. The van der Waals surface area contributed by atoms with E-state index >= 15 is 0 Å². The number of rotatable bonds is 3. The van der Waals surface area contributed by atoms with Crippen molar-refractivity contribution in [1.82, 2.24) is 3.97 Å². The summed E-state index contributed by atoms with van der Waals surface area (Å²) in [6.07, 6.45) is 0. The van der Waals surface area contributed by atoms with Gasteiger partial charge < -0.3 is 5.11 Å². The third kappa shape index (κ3) is 2.61. The van der Waals surface area contributed by atoms with Crippen molar-refractivity contribution < 1.29 is 22.7 Å². The van der Waals surface area contributed by atoms with Crippen LogP contribution in [0.15, 0.2) is 51.8 Å². The number of aromatic carboxylic acids is 1. The Balaban J connectivity index is 2.41. The Kier molecular flexibility index (Phi) is 3.97. The zero-order valence-corrected chi connectivity index (χ0v) is 14.7. The zero-order chi connectivity index (χ0) is 17.6. The fourth-order valence-electron chi connectivity index (χ4n) is 2.43. The lowest BCUT2D eigenvalue weighted by Gasteiger charge is -2.10. The van der Waals surface area contributed by atoms with Crippen LogP contribution in [-0.4, -0.2) is 23.5 Å². The quantitative estimate of drug-likeness (QED) is 0.711. The smallest absolute Gasteiger partial charge is 0.353 e. The second-order valence-electron chi connectivity index (χ2n) is 5.24. The first-order chi connectivity index (χ1) is 11.2. The van der Waals surface area contributed by atoms with Crippen molar-refractivity contribution in [3.05, 3.63) is 64.0 Å². The van der Waals surface area contributed by atoms with Gasteiger partial charge in [0.25, 0.3) is 10.0 Å². The van der Waals surface area contributed by atoms with Crippen molar-refractivity contribution in [1.29, 1.82) is 0 Å². The van der Waals surface area contributed by atoms with Crippen molar-refractivity contribution >= 4 is 42.8 Å². The lowest BCUT2D eigenvalue weighted by atomic mass is 10.2. The van der Waals surface area contributed by atoms with E-state index < -0.39 is 27.5 Å². The SMILES string of the molecule is Cc1ccc(S(=O)(=O)n2c(C(=O)O)cc3c(F)cc(Br)cc32)cc1. The highest BCUT2D eigenvalue weighted by atomic mass is 79.9. The second-order valence-corrected chi connectivity index (χ2v) is 7.94. The van der Waals surface area contributed by atoms with Gasteiger partial charge in [-0.1, -0.05) is 33.6 Å². The molecular weight excluding hydrogens is 401 g/mol. The summed E-state index contributed by atoms with van der Waals surface area (Å²) >= 11 is 3.10. The number of hydrogen-bond donors (Lipinski definition) is 1. The molecule has 0 fully saturated rings. The summed E-state index contributed by atoms with van der Waals surface area (Å²) in [5.41, 5.74) is 0.293. The Morgan fingerprint density at radius 2 is 1.79 bits per heavy atom. The highest BCUT2D eigenvalue weighted by Crippen LogP contribution is 2.30. The van der Waals surface area contributed by atoms with E-state index in [0.717, 1.165) is 17.7 Å². The van der Waals surface area contributed by atoms with Gasteiger partial charge in [0.05, 0.1) is 10.4 Å². The molecule has 0 aliphatic heterocycles. The number of carboxylic acids is 1. The first-order valence-electron chi connectivity index (χ1n) is 6.78. The van der Waals surface area contributed by atoms with Crippen LogP contribution in [0.3, 0.4) is 0 Å². The molecule has 124 valence electrons. The maximum Gasteiger partial charge on any atom is 0.353 e. The number of fused-ring (bicyclic) bond motifs is 1. The monoisotopic (exact) mass is 411 g/mol. The van der Waals surface area contributed by atoms with Gasteiger partial charge in [0, 0.05) is 9.86 Å². The van der Waals surface area contributed by atoms with Crippen molar-refractivity contribution in [2.24, 2.45) is 0 Å². The molecule has 0 atom stereocenters. The van der Waals surface area contributed by atoms with Crippen molar-refractivity contribution in [2.45, 2.75) is 11.8 Å². The van der Waals surface area contributed by atoms with Crippen LogP contribution in [0.2, 0.25) is 0 Å². The van der Waals surface area contributed by atoms with Crippen LogP contribution in [0.5, 0.6) is 0 Å². The van der Waals surface area contributed by atoms with Gasteiger partial charge in [0.1, 0.15) is 11.5 Å². The molecule has 0 saturated heterocycles. The first-order valence-corrected chi connectivity index (χ1v) is 9.01. The van der Waals surface area contributed by atoms with Crippen LogP contribution in [0, 0.1) is 12.7 Å². The van der Waals surface area contributed by atoms with Gasteiger partial charge >= 0.3 is 5.97 Å². The number of hydrogen-bond acceptors (Lipinski definition) is 3. The van der Waals surface area contributed by atoms with Gasteiger partial charge in [-0.2, -0.15) is 0 Å². The van der Waals surface area contributed by atoms with E-state index in [2.05, 4.69) is 15.9 Å². The fourth-order valence-corrected chi connectivity index (χ4v) is 4.34. The maximum atomic E-state index is 14.1. The van der Waals surface area contributed by atoms with Gasteiger partial charge in [-0.25, -0.2) is 21.6 Å². The Labute approximate surface area is 145 Å². The maximum absolute atomic E-state index is 14.1. The summed E-state index contributed by atoms with van der Waals surface area (Å²) < 4.78 is 40.9. The molecule has 0 aliphatic rings. The summed E-state index contributed by atoms with van der Waals surface area (Å²) in [5, 5.41) is 9.28. The minimum Gasteiger partial charge on any atom is -0.477 e. The number of benzene rings is 2. The van der Waals surface area contributed by atoms with Crippen LogP contribution >= 0.6 is 15.9 Å². The van der Waals surface area contributed by atoms with Gasteiger partial charge in [0.2, 0.25) is 0 Å². The molecule has 0 amide bonds. The van der Waals surface area contributed by atoms with E-state index in [0.29, 0.717) is 8.45 Å². The summed E-state index contributed by atoms with van der Waals surface area (Å²) in [4.78, 5) is 11.4. The van der Waals surface area contributed by atoms with Gasteiger partial charge in [-0.05, 0) is 37.3 Å². The number of carbonyl (C=O) groups is 1. The van der Waals surface area contributed by atoms with E-state index in [1.54, 1.807) is 19.1 Å². The second kappa shape index (κ2) is 5.71. The molecule has 0 bridgehead atoms. The van der Waals surface area contributed by atoms with E-state index in [4.69, 9.17) is 0 Å². The minimum absolute atomic E-state index is 0.0418. The average molecular weight is 412 g/mol. The predicted molar refractivity (Wildman–Crippen MR) is 90.3 cm³/mol. The molecule has 2 aromatic carbocycles. The first kappa shape index (κ1) is 16.7. The fraction of sp³-hybridized carbons (Fsp3) is 0.0625. The Hall–Kier alpha value is -2.19. The van der Waals surface area contributed by atoms with Crippen molar-refractivity contribution in [2.75, 3.05) is 0 Å². The standard InChI is InChI=1S/C16H11BrFNO4S/c1-9-2-4-11(5-3-9)24(22,23)19-14-7-10(17)6-13(18)12(14)8-15(19)16(20)21/h2-8H,1H3,(H,20,21). The molecule has 1 aromatic heterocycles. The molecule has 0 aliphatic carbocycles. The van der Waals surface area contributed by atoms with E-state index in [9.17, 15) is 22.7 Å². The molecule has 3 rings (SSSR count). The third-order valence-electron chi connectivity index (χ3n) is 3.57. The van der Waals surface area contributed by atoms with Crippen LogP contribution in [0.25, 0.3) is 10.9 Å². The molecule has 1 N–H and O–H groups in total. The molecule has 5 nitrogen and oxygen atoms in total. The highest BCUT2D eigenvalue weighted by molar-refractivity contribution is 9.10. The molecule has 8 heteroatoms. The van der Waals surface area contributed by atoms with Crippen LogP contribution in [0.1, 0.15) is 16.1 Å². The van der Waals surface area contributed by atoms with Crippen LogP contribution in [0.4, 0.5) is 4.39 Å². The number of aryl methyl sites for hydroxylation is 1. The summed E-state index contributed by atoms with van der Waals surface area (Å²) in [6, 6.07) is 9.52. The van der Waals surface area contributed by atoms with Gasteiger partial charge in [0.15, 0.2) is 0 Å². The third-order valence-corrected chi connectivity index (χ3v) is 5.77. The lowest BCUT2D eigenvalue weighted by Crippen LogP contribution is -2.18. The Bertz CT molecular complexity index is 1070. The molecule has 0 saturated carbocycles. The summed E-state index contributed by atoms with van der Waals surface area (Å²) in [5.74, 6) is -2.17. The molecule has 0 unspecified atom stereocenters. The number of nitrogens with zero attached hydrogens (tertiary/aromatic N) is 1.